The second-order valence-electron chi connectivity index (χ2n) is 6.44. The van der Waals surface area contributed by atoms with E-state index in [1.165, 1.54) is 31.0 Å². The fourth-order valence-electron chi connectivity index (χ4n) is 2.77. The lowest BCUT2D eigenvalue weighted by atomic mass is 10.2. The van der Waals surface area contributed by atoms with E-state index >= 15 is 0 Å². The minimum atomic E-state index is -4.72. The molecule has 1 aliphatic carbocycles. The minimum Gasteiger partial charge on any atom is -0.488 e. The molecule has 0 amide bonds. The summed E-state index contributed by atoms with van der Waals surface area (Å²) in [7, 11) is 0. The molecule has 1 heterocycles. The maximum atomic E-state index is 12.3. The Morgan fingerprint density at radius 2 is 2.00 bits per heavy atom. The molecule has 0 aliphatic heterocycles. The van der Waals surface area contributed by atoms with E-state index < -0.39 is 6.36 Å². The molecule has 0 radical (unpaired) electrons. The van der Waals surface area contributed by atoms with Crippen LogP contribution in [0.15, 0.2) is 40.9 Å². The molecule has 0 spiro atoms. The second-order valence-corrected chi connectivity index (χ2v) is 7.24. The van der Waals surface area contributed by atoms with E-state index in [9.17, 15) is 13.2 Å². The smallest absolute Gasteiger partial charge is 0.488 e. The average Bonchev–Trinajstić information content (AvgIpc) is 3.32. The third-order valence-corrected chi connectivity index (χ3v) is 5.01. The Hall–Kier alpha value is -2.29. The van der Waals surface area contributed by atoms with Crippen LogP contribution in [0.3, 0.4) is 0 Å². The van der Waals surface area contributed by atoms with Crippen LogP contribution in [0.25, 0.3) is 11.0 Å². The molecule has 0 unspecified atom stereocenters. The summed E-state index contributed by atoms with van der Waals surface area (Å²) in [4.78, 5) is 0. The SMILES string of the molecule is FC(F)(F)Oc1cccc(COc2ccc3c(nnn3CC3CC3)c2Br)c1. The summed E-state index contributed by atoms with van der Waals surface area (Å²) < 4.78 is 49.3. The Bertz CT molecular complexity index is 970. The van der Waals surface area contributed by atoms with Crippen molar-refractivity contribution in [1.29, 1.82) is 0 Å². The van der Waals surface area contributed by atoms with Gasteiger partial charge in [-0.3, -0.25) is 0 Å². The highest BCUT2D eigenvalue weighted by molar-refractivity contribution is 9.10. The standard InChI is InChI=1S/C18H15BrF3N3O2/c19-16-15(7-6-14-17(16)23-24-25(14)9-11-4-5-11)26-10-12-2-1-3-13(8-12)27-18(20,21)22/h1-3,6-8,11H,4-5,9-10H2. The highest BCUT2D eigenvalue weighted by Gasteiger charge is 2.31. The van der Waals surface area contributed by atoms with E-state index in [4.69, 9.17) is 4.74 Å². The van der Waals surface area contributed by atoms with Gasteiger partial charge < -0.3 is 9.47 Å². The van der Waals surface area contributed by atoms with Gasteiger partial charge in [-0.25, -0.2) is 4.68 Å². The third-order valence-electron chi connectivity index (χ3n) is 4.24. The second kappa shape index (κ2) is 7.03. The number of fused-ring (bicyclic) bond motifs is 1. The van der Waals surface area contributed by atoms with Gasteiger partial charge in [0, 0.05) is 6.54 Å². The number of ether oxygens (including phenoxy) is 2. The van der Waals surface area contributed by atoms with Crippen LogP contribution in [0.1, 0.15) is 18.4 Å². The first-order valence-electron chi connectivity index (χ1n) is 8.38. The topological polar surface area (TPSA) is 49.2 Å². The molecule has 1 aliphatic rings. The molecule has 142 valence electrons. The van der Waals surface area contributed by atoms with Crippen molar-refractivity contribution in [3.63, 3.8) is 0 Å². The summed E-state index contributed by atoms with van der Waals surface area (Å²) in [6, 6.07) is 9.39. The fourth-order valence-corrected chi connectivity index (χ4v) is 3.30. The van der Waals surface area contributed by atoms with Crippen molar-refractivity contribution in [3.8, 4) is 11.5 Å². The Morgan fingerprint density at radius 1 is 1.19 bits per heavy atom. The van der Waals surface area contributed by atoms with Gasteiger partial charge in [0.25, 0.3) is 0 Å². The number of hydrogen-bond donors (Lipinski definition) is 0. The van der Waals surface area contributed by atoms with Crippen LogP contribution < -0.4 is 9.47 Å². The van der Waals surface area contributed by atoms with Crippen LogP contribution in [-0.4, -0.2) is 21.4 Å². The highest BCUT2D eigenvalue weighted by Crippen LogP contribution is 2.35. The summed E-state index contributed by atoms with van der Waals surface area (Å²) >= 11 is 3.49. The zero-order valence-electron chi connectivity index (χ0n) is 14.0. The Labute approximate surface area is 161 Å². The summed E-state index contributed by atoms with van der Waals surface area (Å²) in [6.45, 7) is 0.949. The van der Waals surface area contributed by atoms with Crippen LogP contribution in [0.4, 0.5) is 13.2 Å². The molecule has 4 rings (SSSR count). The largest absolute Gasteiger partial charge is 0.573 e. The molecule has 0 bridgehead atoms. The molecule has 1 fully saturated rings. The van der Waals surface area contributed by atoms with Gasteiger partial charge in [0.2, 0.25) is 0 Å². The Balaban J connectivity index is 1.49. The molecular weight excluding hydrogens is 427 g/mol. The number of halogens is 4. The molecule has 9 heteroatoms. The van der Waals surface area contributed by atoms with Gasteiger partial charge in [-0.1, -0.05) is 17.3 Å². The molecule has 5 nitrogen and oxygen atoms in total. The van der Waals surface area contributed by atoms with Crippen LogP contribution in [0.2, 0.25) is 0 Å². The van der Waals surface area contributed by atoms with Gasteiger partial charge in [0.05, 0.1) is 9.99 Å². The lowest BCUT2D eigenvalue weighted by Gasteiger charge is -2.11. The van der Waals surface area contributed by atoms with E-state index in [-0.39, 0.29) is 12.4 Å². The van der Waals surface area contributed by atoms with Crippen LogP contribution in [-0.2, 0) is 13.2 Å². The number of aromatic nitrogens is 3. The van der Waals surface area contributed by atoms with Crippen LogP contribution in [0.5, 0.6) is 11.5 Å². The zero-order chi connectivity index (χ0) is 19.0. The Kier molecular flexibility index (Phi) is 4.71. The van der Waals surface area contributed by atoms with Gasteiger partial charge in [0.1, 0.15) is 23.6 Å². The number of alkyl halides is 3. The van der Waals surface area contributed by atoms with Gasteiger partial charge >= 0.3 is 6.36 Å². The molecule has 27 heavy (non-hydrogen) atoms. The van der Waals surface area contributed by atoms with Crippen molar-refractivity contribution in [2.24, 2.45) is 5.92 Å². The van der Waals surface area contributed by atoms with Crippen molar-refractivity contribution in [2.75, 3.05) is 0 Å². The summed E-state index contributed by atoms with van der Waals surface area (Å²) in [5.74, 6) is 0.944. The van der Waals surface area contributed by atoms with E-state index in [1.807, 2.05) is 10.7 Å². The predicted molar refractivity (Wildman–Crippen MR) is 95.4 cm³/mol. The first-order chi connectivity index (χ1) is 12.9. The van der Waals surface area contributed by atoms with Crippen molar-refractivity contribution >= 4 is 27.0 Å². The number of nitrogens with zero attached hydrogens (tertiary/aromatic N) is 3. The fraction of sp³-hybridized carbons (Fsp3) is 0.333. The Morgan fingerprint density at radius 3 is 2.74 bits per heavy atom. The molecule has 1 saturated carbocycles. The van der Waals surface area contributed by atoms with E-state index in [2.05, 4.69) is 31.0 Å². The normalized spacial score (nSPS) is 14.5. The molecule has 2 aromatic carbocycles. The van der Waals surface area contributed by atoms with Gasteiger partial charge in [-0.2, -0.15) is 0 Å². The maximum absolute atomic E-state index is 12.3. The van der Waals surface area contributed by atoms with Crippen molar-refractivity contribution in [2.45, 2.75) is 32.4 Å². The predicted octanol–water partition coefficient (Wildman–Crippen LogP) is 5.08. The summed E-state index contributed by atoms with van der Waals surface area (Å²) in [5, 5.41) is 8.41. The molecule has 1 aromatic heterocycles. The van der Waals surface area contributed by atoms with Gasteiger partial charge in [0.15, 0.2) is 0 Å². The lowest BCUT2D eigenvalue weighted by molar-refractivity contribution is -0.274. The van der Waals surface area contributed by atoms with E-state index in [0.717, 1.165) is 12.1 Å². The third kappa shape index (κ3) is 4.35. The molecular formula is C18H15BrF3N3O2. The maximum Gasteiger partial charge on any atom is 0.573 e. The van der Waals surface area contributed by atoms with Gasteiger partial charge in [-0.15, -0.1) is 18.3 Å². The highest BCUT2D eigenvalue weighted by atomic mass is 79.9. The molecule has 0 saturated heterocycles. The summed E-state index contributed by atoms with van der Waals surface area (Å²) in [6.07, 6.45) is -2.28. The number of benzene rings is 2. The zero-order valence-corrected chi connectivity index (χ0v) is 15.6. The lowest BCUT2D eigenvalue weighted by Crippen LogP contribution is -2.17. The van der Waals surface area contributed by atoms with Crippen LogP contribution in [0, 0.1) is 5.92 Å². The number of rotatable bonds is 6. The summed E-state index contributed by atoms with van der Waals surface area (Å²) in [5.41, 5.74) is 2.17. The molecule has 0 atom stereocenters. The minimum absolute atomic E-state index is 0.0926. The first kappa shape index (κ1) is 18.1. The molecule has 3 aromatic rings. The molecule has 0 N–H and O–H groups in total. The van der Waals surface area contributed by atoms with Crippen molar-refractivity contribution in [3.05, 3.63) is 46.4 Å². The number of hydrogen-bond acceptors (Lipinski definition) is 4. The average molecular weight is 442 g/mol. The van der Waals surface area contributed by atoms with Crippen molar-refractivity contribution < 1.29 is 22.6 Å². The van der Waals surface area contributed by atoms with E-state index in [1.54, 1.807) is 12.1 Å². The first-order valence-corrected chi connectivity index (χ1v) is 9.17. The van der Waals surface area contributed by atoms with E-state index in [0.29, 0.717) is 27.2 Å². The quantitative estimate of drug-likeness (QED) is 0.534. The van der Waals surface area contributed by atoms with Gasteiger partial charge in [-0.05, 0) is 64.5 Å². The van der Waals surface area contributed by atoms with Crippen molar-refractivity contribution in [1.82, 2.24) is 15.0 Å². The monoisotopic (exact) mass is 441 g/mol. The van der Waals surface area contributed by atoms with Crippen LogP contribution >= 0.6 is 15.9 Å².